The van der Waals surface area contributed by atoms with Crippen LogP contribution < -0.4 is 4.74 Å². The van der Waals surface area contributed by atoms with E-state index in [9.17, 15) is 4.79 Å². The van der Waals surface area contributed by atoms with E-state index in [-0.39, 0.29) is 0 Å². The first-order chi connectivity index (χ1) is 12.2. The number of benzene rings is 2. The second-order valence-corrected chi connectivity index (χ2v) is 5.54. The highest BCUT2D eigenvalue weighted by Crippen LogP contribution is 2.28. The fourth-order valence-corrected chi connectivity index (χ4v) is 2.59. The summed E-state index contributed by atoms with van der Waals surface area (Å²) in [5, 5.41) is 12.1. The van der Waals surface area contributed by atoms with Crippen LogP contribution in [0.2, 0.25) is 0 Å². The lowest BCUT2D eigenvalue weighted by Crippen LogP contribution is -2.03. The van der Waals surface area contributed by atoms with Crippen LogP contribution in [0, 0.1) is 0 Å². The van der Waals surface area contributed by atoms with E-state index in [1.54, 1.807) is 33.9 Å². The number of aldehydes is 1. The molecule has 2 aromatic heterocycles. The molecule has 4 rings (SSSR count). The van der Waals surface area contributed by atoms with E-state index in [2.05, 4.69) is 20.4 Å². The number of carbonyl (C=O) groups excluding carboxylic acids is 1. The van der Waals surface area contributed by atoms with Gasteiger partial charge in [0.25, 0.3) is 0 Å². The number of nitrogens with zero attached hydrogens (tertiary/aromatic N) is 6. The molecule has 0 aliphatic carbocycles. The van der Waals surface area contributed by atoms with Crippen LogP contribution in [0.1, 0.15) is 15.9 Å². The fourth-order valence-electron chi connectivity index (χ4n) is 2.59. The van der Waals surface area contributed by atoms with E-state index < -0.39 is 0 Å². The van der Waals surface area contributed by atoms with Crippen molar-refractivity contribution in [2.45, 2.75) is 6.54 Å². The number of fused-ring (bicyclic) bond motifs is 1. The van der Waals surface area contributed by atoms with Gasteiger partial charge in [-0.2, -0.15) is 5.10 Å². The van der Waals surface area contributed by atoms with Gasteiger partial charge in [-0.25, -0.2) is 14.3 Å². The smallest absolute Gasteiger partial charge is 0.150 e. The number of ether oxygens (including phenoxy) is 1. The lowest BCUT2D eigenvalue weighted by Gasteiger charge is -2.12. The maximum atomic E-state index is 11.1. The van der Waals surface area contributed by atoms with E-state index >= 15 is 0 Å². The Labute approximate surface area is 142 Å². The Balaban J connectivity index is 1.70. The lowest BCUT2D eigenvalue weighted by molar-refractivity contribution is 0.112. The van der Waals surface area contributed by atoms with Crippen molar-refractivity contribution in [3.05, 3.63) is 60.2 Å². The van der Waals surface area contributed by atoms with Crippen molar-refractivity contribution < 1.29 is 9.53 Å². The van der Waals surface area contributed by atoms with Crippen molar-refractivity contribution in [3.8, 4) is 11.5 Å². The quantitative estimate of drug-likeness (QED) is 0.520. The van der Waals surface area contributed by atoms with Crippen LogP contribution >= 0.6 is 0 Å². The summed E-state index contributed by atoms with van der Waals surface area (Å²) in [7, 11) is 1.83. The minimum atomic E-state index is 0.451. The minimum absolute atomic E-state index is 0.451. The standard InChI is InChI=1S/C17H14N6O2/c1-22-16-7-14(3-4-15(16)20-21-22)25-17-5-2-12(9-24)6-13(17)8-23-11-18-10-19-23/h2-7,9-11H,8H2,1H3. The highest BCUT2D eigenvalue weighted by molar-refractivity contribution is 5.77. The van der Waals surface area contributed by atoms with Gasteiger partial charge in [-0.05, 0) is 30.3 Å². The average molecular weight is 334 g/mol. The molecule has 2 heterocycles. The van der Waals surface area contributed by atoms with E-state index in [1.165, 1.54) is 6.33 Å². The normalized spacial score (nSPS) is 10.9. The molecule has 4 aromatic rings. The average Bonchev–Trinajstić information content (AvgIpc) is 3.27. The molecular weight excluding hydrogens is 320 g/mol. The molecule has 0 aliphatic rings. The van der Waals surface area contributed by atoms with Crippen molar-refractivity contribution in [3.63, 3.8) is 0 Å². The predicted octanol–water partition coefficient (Wildman–Crippen LogP) is 2.21. The lowest BCUT2D eigenvalue weighted by atomic mass is 10.1. The molecule has 25 heavy (non-hydrogen) atoms. The van der Waals surface area contributed by atoms with Gasteiger partial charge in [0.15, 0.2) is 0 Å². The van der Waals surface area contributed by atoms with Crippen LogP contribution in [-0.2, 0) is 13.6 Å². The topological polar surface area (TPSA) is 87.7 Å². The second-order valence-electron chi connectivity index (χ2n) is 5.54. The molecular formula is C17H14N6O2. The van der Waals surface area contributed by atoms with Gasteiger partial charge in [0.2, 0.25) is 0 Å². The SMILES string of the molecule is Cn1nnc2ccc(Oc3ccc(C=O)cc3Cn3cncn3)cc21. The number of hydrogen-bond acceptors (Lipinski definition) is 6. The van der Waals surface area contributed by atoms with Crippen LogP contribution in [0.5, 0.6) is 11.5 Å². The monoisotopic (exact) mass is 334 g/mol. The van der Waals surface area contributed by atoms with Gasteiger partial charge in [-0.3, -0.25) is 4.79 Å². The van der Waals surface area contributed by atoms with Crippen molar-refractivity contribution in [2.75, 3.05) is 0 Å². The Kier molecular flexibility index (Phi) is 3.70. The summed E-state index contributed by atoms with van der Waals surface area (Å²) in [4.78, 5) is 15.0. The van der Waals surface area contributed by atoms with Crippen molar-refractivity contribution in [1.29, 1.82) is 0 Å². The first-order valence-corrected chi connectivity index (χ1v) is 7.61. The molecule has 0 saturated heterocycles. The molecule has 8 nitrogen and oxygen atoms in total. The molecule has 2 aromatic carbocycles. The van der Waals surface area contributed by atoms with E-state index in [0.29, 0.717) is 23.6 Å². The van der Waals surface area contributed by atoms with E-state index in [0.717, 1.165) is 22.9 Å². The Bertz CT molecular complexity index is 1040. The summed E-state index contributed by atoms with van der Waals surface area (Å²) in [5.74, 6) is 1.31. The maximum Gasteiger partial charge on any atom is 0.150 e. The summed E-state index contributed by atoms with van der Waals surface area (Å²) < 4.78 is 9.40. The number of hydrogen-bond donors (Lipinski definition) is 0. The van der Waals surface area contributed by atoms with Crippen LogP contribution in [0.15, 0.2) is 49.1 Å². The van der Waals surface area contributed by atoms with Crippen LogP contribution in [0.25, 0.3) is 11.0 Å². The number of carbonyl (C=O) groups is 1. The molecule has 124 valence electrons. The third kappa shape index (κ3) is 2.97. The largest absolute Gasteiger partial charge is 0.457 e. The zero-order valence-electron chi connectivity index (χ0n) is 13.4. The van der Waals surface area contributed by atoms with Crippen molar-refractivity contribution in [2.24, 2.45) is 7.05 Å². The van der Waals surface area contributed by atoms with E-state index in [1.807, 2.05) is 25.2 Å². The molecule has 0 radical (unpaired) electrons. The number of aromatic nitrogens is 6. The predicted molar refractivity (Wildman–Crippen MR) is 89.5 cm³/mol. The molecule has 0 spiro atoms. The minimum Gasteiger partial charge on any atom is -0.457 e. The molecule has 0 amide bonds. The highest BCUT2D eigenvalue weighted by atomic mass is 16.5. The molecule has 0 aliphatic heterocycles. The molecule has 0 atom stereocenters. The zero-order valence-corrected chi connectivity index (χ0v) is 13.4. The van der Waals surface area contributed by atoms with Crippen molar-refractivity contribution in [1.82, 2.24) is 29.8 Å². The summed E-state index contributed by atoms with van der Waals surface area (Å²) >= 11 is 0. The van der Waals surface area contributed by atoms with Crippen LogP contribution in [0.4, 0.5) is 0 Å². The maximum absolute atomic E-state index is 11.1. The zero-order chi connectivity index (χ0) is 17.2. The third-order valence-corrected chi connectivity index (χ3v) is 3.83. The molecule has 0 N–H and O–H groups in total. The van der Waals surface area contributed by atoms with Gasteiger partial charge < -0.3 is 4.74 Å². The van der Waals surface area contributed by atoms with Gasteiger partial charge in [0, 0.05) is 24.2 Å². The molecule has 0 fully saturated rings. The Hall–Kier alpha value is -3.55. The Morgan fingerprint density at radius 3 is 2.92 bits per heavy atom. The molecule has 8 heteroatoms. The molecule has 0 saturated carbocycles. The summed E-state index contributed by atoms with van der Waals surface area (Å²) in [5.41, 5.74) is 3.08. The van der Waals surface area contributed by atoms with Crippen molar-refractivity contribution >= 4 is 17.3 Å². The molecule has 0 bridgehead atoms. The van der Waals surface area contributed by atoms with Crippen LogP contribution in [0.3, 0.4) is 0 Å². The second kappa shape index (κ2) is 6.16. The fraction of sp³-hybridized carbons (Fsp3) is 0.118. The summed E-state index contributed by atoms with van der Waals surface area (Å²) in [6.45, 7) is 0.451. The third-order valence-electron chi connectivity index (χ3n) is 3.83. The summed E-state index contributed by atoms with van der Waals surface area (Å²) in [6.07, 6.45) is 3.89. The van der Waals surface area contributed by atoms with Gasteiger partial charge in [0.05, 0.1) is 12.1 Å². The van der Waals surface area contributed by atoms with Gasteiger partial charge >= 0.3 is 0 Å². The Morgan fingerprint density at radius 2 is 2.12 bits per heavy atom. The number of rotatable bonds is 5. The molecule has 0 unspecified atom stereocenters. The highest BCUT2D eigenvalue weighted by Gasteiger charge is 2.10. The van der Waals surface area contributed by atoms with Gasteiger partial charge in [-0.15, -0.1) is 5.10 Å². The van der Waals surface area contributed by atoms with Gasteiger partial charge in [-0.1, -0.05) is 5.21 Å². The number of aryl methyl sites for hydroxylation is 1. The first-order valence-electron chi connectivity index (χ1n) is 7.61. The van der Waals surface area contributed by atoms with Gasteiger partial charge in [0.1, 0.15) is 36.0 Å². The first kappa shape index (κ1) is 15.0. The van der Waals surface area contributed by atoms with Crippen LogP contribution in [-0.4, -0.2) is 36.0 Å². The Morgan fingerprint density at radius 1 is 1.20 bits per heavy atom. The summed E-state index contributed by atoms with van der Waals surface area (Å²) in [6, 6.07) is 10.9. The van der Waals surface area contributed by atoms with E-state index in [4.69, 9.17) is 4.74 Å².